The highest BCUT2D eigenvalue weighted by Crippen LogP contribution is 2.44. The molecule has 5 rings (SSSR count). The number of carboxylic acid groups (broad SMARTS) is 1. The molecule has 0 spiro atoms. The van der Waals surface area contributed by atoms with E-state index in [1.54, 1.807) is 36.5 Å². The lowest BCUT2D eigenvalue weighted by molar-refractivity contribution is -0.118. The summed E-state index contributed by atoms with van der Waals surface area (Å²) in [5.41, 5.74) is 3.80. The molecule has 204 valence electrons. The van der Waals surface area contributed by atoms with Gasteiger partial charge < -0.3 is 25.1 Å². The summed E-state index contributed by atoms with van der Waals surface area (Å²) in [5.74, 6) is -0.0648. The number of aromatic carboxylic acids is 1. The Hall–Kier alpha value is -4.21. The molecule has 2 aromatic heterocycles. The molecule has 40 heavy (non-hydrogen) atoms. The molecule has 0 saturated carbocycles. The van der Waals surface area contributed by atoms with Crippen LogP contribution in [0.5, 0.6) is 0 Å². The topological polar surface area (TPSA) is 108 Å². The van der Waals surface area contributed by atoms with Crippen LogP contribution in [-0.4, -0.2) is 27.1 Å². The number of amides is 1. The van der Waals surface area contributed by atoms with Crippen LogP contribution >= 0.6 is 23.8 Å². The van der Waals surface area contributed by atoms with E-state index < -0.39 is 12.0 Å². The third-order valence-electron chi connectivity index (χ3n) is 6.77. The maximum absolute atomic E-state index is 12.2. The van der Waals surface area contributed by atoms with E-state index in [1.165, 1.54) is 0 Å². The Kier molecular flexibility index (Phi) is 7.60. The van der Waals surface area contributed by atoms with Crippen molar-refractivity contribution in [1.29, 1.82) is 0 Å². The number of nitrogens with zero attached hydrogens (tertiary/aromatic N) is 2. The van der Waals surface area contributed by atoms with Gasteiger partial charge in [-0.2, -0.15) is 0 Å². The van der Waals surface area contributed by atoms with E-state index in [0.29, 0.717) is 33.0 Å². The summed E-state index contributed by atoms with van der Waals surface area (Å²) in [5, 5.41) is 16.4. The molecule has 2 aromatic carbocycles. The number of carboxylic acids is 1. The third-order valence-corrected chi connectivity index (χ3v) is 7.40. The lowest BCUT2D eigenvalue weighted by atomic mass is 10.0. The number of hydrogen-bond donors (Lipinski definition) is 3. The number of carbonyl (C=O) groups excluding carboxylic acids is 1. The van der Waals surface area contributed by atoms with Crippen LogP contribution < -0.4 is 15.5 Å². The molecule has 0 unspecified atom stereocenters. The van der Waals surface area contributed by atoms with Gasteiger partial charge in [-0.25, -0.2) is 4.79 Å². The van der Waals surface area contributed by atoms with Crippen LogP contribution in [0.15, 0.2) is 77.3 Å². The average Bonchev–Trinajstić information content (AvgIpc) is 3.54. The van der Waals surface area contributed by atoms with Gasteiger partial charge >= 0.3 is 5.97 Å². The number of benzene rings is 2. The number of aromatic nitrogens is 1. The van der Waals surface area contributed by atoms with Gasteiger partial charge in [0.2, 0.25) is 5.91 Å². The predicted molar refractivity (Wildman–Crippen MR) is 159 cm³/mol. The van der Waals surface area contributed by atoms with Crippen LogP contribution in [0.3, 0.4) is 0 Å². The first kappa shape index (κ1) is 27.4. The van der Waals surface area contributed by atoms with E-state index in [4.69, 9.17) is 28.2 Å². The van der Waals surface area contributed by atoms with Crippen LogP contribution in [0.2, 0.25) is 5.02 Å². The fraction of sp³-hybridized carbons (Fsp3) is 0.200. The Bertz CT molecular complexity index is 1600. The summed E-state index contributed by atoms with van der Waals surface area (Å²) in [7, 11) is 0. The molecule has 0 bridgehead atoms. The number of rotatable bonds is 7. The van der Waals surface area contributed by atoms with Crippen molar-refractivity contribution < 1.29 is 19.1 Å². The number of anilines is 2. The number of hydrogen-bond acceptors (Lipinski definition) is 5. The lowest BCUT2D eigenvalue weighted by Crippen LogP contribution is -2.29. The Morgan fingerprint density at radius 2 is 1.93 bits per heavy atom. The first-order chi connectivity index (χ1) is 19.1. The highest BCUT2D eigenvalue weighted by atomic mass is 35.5. The summed E-state index contributed by atoms with van der Waals surface area (Å²) in [4.78, 5) is 30.1. The third kappa shape index (κ3) is 5.30. The molecule has 3 N–H and O–H groups in total. The van der Waals surface area contributed by atoms with Gasteiger partial charge in [0.05, 0.1) is 28.0 Å². The molecule has 8 nitrogen and oxygen atoms in total. The number of nitrogens with one attached hydrogen (secondary N) is 2. The SMILES string of the molecule is Cc1cc(C(=O)O)ccc1-c1ccc([C@@H]2[C@H](c3ccccn3)NC(=S)N2c2ccc(NC(=O)C(C)C)c(Cl)c2)o1. The molecule has 1 fully saturated rings. The van der Waals surface area contributed by atoms with Crippen LogP contribution in [0, 0.1) is 12.8 Å². The minimum Gasteiger partial charge on any atom is -0.478 e. The molecule has 1 aliphatic rings. The van der Waals surface area contributed by atoms with E-state index in [-0.39, 0.29) is 23.4 Å². The van der Waals surface area contributed by atoms with Crippen molar-refractivity contribution in [2.24, 2.45) is 5.92 Å². The molecular weight excluding hydrogens is 548 g/mol. The number of carbonyl (C=O) groups is 2. The van der Waals surface area contributed by atoms with E-state index in [2.05, 4.69) is 15.6 Å². The quantitative estimate of drug-likeness (QED) is 0.207. The van der Waals surface area contributed by atoms with Gasteiger partial charge in [0.1, 0.15) is 17.6 Å². The molecule has 3 heterocycles. The van der Waals surface area contributed by atoms with Crippen molar-refractivity contribution in [2.75, 3.05) is 10.2 Å². The van der Waals surface area contributed by atoms with Gasteiger partial charge in [-0.3, -0.25) is 9.78 Å². The number of thiocarbonyl (C=S) groups is 1. The van der Waals surface area contributed by atoms with E-state index in [9.17, 15) is 14.7 Å². The molecule has 0 aliphatic carbocycles. The fourth-order valence-corrected chi connectivity index (χ4v) is 5.25. The van der Waals surface area contributed by atoms with Crippen molar-refractivity contribution in [3.8, 4) is 11.3 Å². The maximum Gasteiger partial charge on any atom is 0.335 e. The zero-order valence-electron chi connectivity index (χ0n) is 22.0. The zero-order valence-corrected chi connectivity index (χ0v) is 23.6. The Labute approximate surface area is 242 Å². The standard InChI is InChI=1S/C30H27ClN4O4S/c1-16(2)28(36)33-22-10-8-19(15-21(22)31)35-27(26(34-30(35)40)23-6-4-5-13-32-23)25-12-11-24(39-25)20-9-7-18(29(37)38)14-17(20)3/h4-16,26-27H,1-3H3,(H,33,36)(H,34,40)(H,37,38)/t26-,27+/m0/s1. The second kappa shape index (κ2) is 11.1. The molecule has 2 atom stereocenters. The normalized spacial score (nSPS) is 16.7. The number of halogens is 1. The molecule has 1 saturated heterocycles. The summed E-state index contributed by atoms with van der Waals surface area (Å²) >= 11 is 12.4. The summed E-state index contributed by atoms with van der Waals surface area (Å²) < 4.78 is 6.41. The van der Waals surface area contributed by atoms with Crippen molar-refractivity contribution in [1.82, 2.24) is 10.3 Å². The molecule has 0 radical (unpaired) electrons. The monoisotopic (exact) mass is 574 g/mol. The van der Waals surface area contributed by atoms with Gasteiger partial charge in [0.15, 0.2) is 5.11 Å². The Morgan fingerprint density at radius 1 is 1.12 bits per heavy atom. The fourth-order valence-electron chi connectivity index (χ4n) is 4.68. The predicted octanol–water partition coefficient (Wildman–Crippen LogP) is 6.77. The smallest absolute Gasteiger partial charge is 0.335 e. The van der Waals surface area contributed by atoms with Crippen molar-refractivity contribution >= 4 is 52.2 Å². The Balaban J connectivity index is 1.55. The number of furan rings is 1. The molecule has 4 aromatic rings. The highest BCUT2D eigenvalue weighted by Gasteiger charge is 2.42. The lowest BCUT2D eigenvalue weighted by Gasteiger charge is -2.26. The largest absolute Gasteiger partial charge is 0.478 e. The summed E-state index contributed by atoms with van der Waals surface area (Å²) in [6.45, 7) is 5.47. The van der Waals surface area contributed by atoms with E-state index >= 15 is 0 Å². The average molecular weight is 575 g/mol. The van der Waals surface area contributed by atoms with Gasteiger partial charge in [0.25, 0.3) is 0 Å². The first-order valence-corrected chi connectivity index (χ1v) is 13.5. The molecule has 10 heteroatoms. The molecule has 1 aliphatic heterocycles. The number of pyridine rings is 1. The van der Waals surface area contributed by atoms with Crippen molar-refractivity contribution in [3.63, 3.8) is 0 Å². The summed E-state index contributed by atoms with van der Waals surface area (Å²) in [6, 6.07) is 19.0. The van der Waals surface area contributed by atoms with Gasteiger partial charge in [-0.1, -0.05) is 37.6 Å². The Morgan fingerprint density at radius 3 is 2.58 bits per heavy atom. The second-order valence-electron chi connectivity index (χ2n) is 9.84. The van der Waals surface area contributed by atoms with Gasteiger partial charge in [-0.05, 0) is 79.3 Å². The molecular formula is C30H27ClN4O4S. The minimum atomic E-state index is -0.984. The van der Waals surface area contributed by atoms with Crippen LogP contribution in [-0.2, 0) is 4.79 Å². The summed E-state index contributed by atoms with van der Waals surface area (Å²) in [6.07, 6.45) is 1.73. The number of aryl methyl sites for hydroxylation is 1. The van der Waals surface area contributed by atoms with Gasteiger partial charge in [0, 0.05) is 23.4 Å². The molecule has 1 amide bonds. The second-order valence-corrected chi connectivity index (χ2v) is 10.6. The maximum atomic E-state index is 12.2. The zero-order chi connectivity index (χ0) is 28.6. The van der Waals surface area contributed by atoms with Gasteiger partial charge in [-0.15, -0.1) is 0 Å². The van der Waals surface area contributed by atoms with Crippen LogP contribution in [0.4, 0.5) is 11.4 Å². The first-order valence-electron chi connectivity index (χ1n) is 12.7. The van der Waals surface area contributed by atoms with Crippen LogP contribution in [0.1, 0.15) is 53.3 Å². The van der Waals surface area contributed by atoms with Crippen molar-refractivity contribution in [2.45, 2.75) is 32.9 Å². The highest BCUT2D eigenvalue weighted by molar-refractivity contribution is 7.80. The van der Waals surface area contributed by atoms with Crippen LogP contribution in [0.25, 0.3) is 11.3 Å². The van der Waals surface area contributed by atoms with E-state index in [0.717, 1.165) is 16.8 Å². The minimum absolute atomic E-state index is 0.129. The van der Waals surface area contributed by atoms with E-state index in [1.807, 2.05) is 62.1 Å². The van der Waals surface area contributed by atoms with Crippen molar-refractivity contribution in [3.05, 3.63) is 101 Å².